The lowest BCUT2D eigenvalue weighted by Crippen LogP contribution is -2.31. The Balaban J connectivity index is 1.96. The molecule has 3 rings (SSSR count). The predicted octanol–water partition coefficient (Wildman–Crippen LogP) is 2.44. The van der Waals surface area contributed by atoms with Crippen LogP contribution < -0.4 is 11.3 Å². The van der Waals surface area contributed by atoms with Crippen molar-refractivity contribution in [1.29, 1.82) is 0 Å². The number of amides is 1. The Bertz CT molecular complexity index is 633. The largest absolute Gasteiger partial charge is 0.298 e. The number of rotatable bonds is 3. The van der Waals surface area contributed by atoms with E-state index in [1.165, 1.54) is 34.6 Å². The van der Waals surface area contributed by atoms with E-state index in [0.29, 0.717) is 0 Å². The first-order valence-electron chi connectivity index (χ1n) is 7.11. The minimum Gasteiger partial charge on any atom is -0.298 e. The summed E-state index contributed by atoms with van der Waals surface area (Å²) >= 11 is 3.54. The van der Waals surface area contributed by atoms with Gasteiger partial charge in [0.15, 0.2) is 0 Å². The zero-order valence-corrected chi connectivity index (χ0v) is 13.4. The number of nitrogens with zero attached hydrogens (tertiary/aromatic N) is 1. The summed E-state index contributed by atoms with van der Waals surface area (Å²) in [5, 5.41) is 1.18. The smallest absolute Gasteiger partial charge is 0.275 e. The van der Waals surface area contributed by atoms with Crippen molar-refractivity contribution in [2.24, 2.45) is 5.84 Å². The van der Waals surface area contributed by atoms with E-state index >= 15 is 0 Å². The first kappa shape index (κ1) is 14.8. The van der Waals surface area contributed by atoms with E-state index in [1.807, 2.05) is 23.9 Å². The summed E-state index contributed by atoms with van der Waals surface area (Å²) in [6.45, 7) is 3.01. The SMILES string of the molecule is NNC(=O)c1sc2ccccc2c1CN1CCCSCC1. The van der Waals surface area contributed by atoms with Crippen LogP contribution in [-0.2, 0) is 6.54 Å². The Morgan fingerprint density at radius 2 is 2.14 bits per heavy atom. The normalized spacial score (nSPS) is 16.8. The number of thiophene rings is 1. The van der Waals surface area contributed by atoms with Gasteiger partial charge in [0.05, 0.1) is 4.88 Å². The Morgan fingerprint density at radius 1 is 1.29 bits per heavy atom. The van der Waals surface area contributed by atoms with Crippen LogP contribution in [0, 0.1) is 0 Å². The first-order valence-corrected chi connectivity index (χ1v) is 9.08. The number of carbonyl (C=O) groups excluding carboxylic acids is 1. The summed E-state index contributed by atoms with van der Waals surface area (Å²) in [7, 11) is 0. The molecule has 1 amide bonds. The second-order valence-electron chi connectivity index (χ2n) is 5.12. The van der Waals surface area contributed by atoms with Gasteiger partial charge >= 0.3 is 0 Å². The molecule has 1 aliphatic heterocycles. The zero-order chi connectivity index (χ0) is 14.7. The van der Waals surface area contributed by atoms with Gasteiger partial charge in [-0.05, 0) is 35.7 Å². The highest BCUT2D eigenvalue weighted by atomic mass is 32.2. The molecule has 1 aromatic heterocycles. The monoisotopic (exact) mass is 321 g/mol. The maximum atomic E-state index is 12.1. The molecule has 1 saturated heterocycles. The van der Waals surface area contributed by atoms with Gasteiger partial charge in [-0.2, -0.15) is 11.8 Å². The van der Waals surface area contributed by atoms with Gasteiger partial charge in [0.1, 0.15) is 0 Å². The molecule has 1 aliphatic rings. The molecule has 21 heavy (non-hydrogen) atoms. The predicted molar refractivity (Wildman–Crippen MR) is 90.7 cm³/mol. The van der Waals surface area contributed by atoms with Crippen LogP contribution >= 0.6 is 23.1 Å². The van der Waals surface area contributed by atoms with Crippen molar-refractivity contribution in [2.45, 2.75) is 13.0 Å². The standard InChI is InChI=1S/C15H19N3OS2/c16-17-15(19)14-12(10-18-6-3-8-20-9-7-18)11-4-1-2-5-13(11)21-14/h1-2,4-5H,3,6-10,16H2,(H,17,19). The third-order valence-corrected chi connectivity index (χ3v) is 5.99. The molecule has 2 aromatic rings. The quantitative estimate of drug-likeness (QED) is 0.518. The van der Waals surface area contributed by atoms with Crippen LogP contribution in [0.4, 0.5) is 0 Å². The van der Waals surface area contributed by atoms with Gasteiger partial charge in [-0.15, -0.1) is 11.3 Å². The fraction of sp³-hybridized carbons (Fsp3) is 0.400. The number of hydrazine groups is 1. The van der Waals surface area contributed by atoms with Crippen molar-refractivity contribution >= 4 is 39.1 Å². The van der Waals surface area contributed by atoms with Crippen LogP contribution in [-0.4, -0.2) is 35.4 Å². The Labute approximate surface area is 132 Å². The number of nitrogen functional groups attached to an aromatic ring is 1. The lowest BCUT2D eigenvalue weighted by molar-refractivity contribution is 0.0956. The third-order valence-electron chi connectivity index (χ3n) is 3.73. The lowest BCUT2D eigenvalue weighted by Gasteiger charge is -2.19. The molecule has 1 fully saturated rings. The first-order chi connectivity index (χ1) is 10.3. The van der Waals surface area contributed by atoms with Crippen LogP contribution in [0.3, 0.4) is 0 Å². The summed E-state index contributed by atoms with van der Waals surface area (Å²) in [5.74, 6) is 7.56. The second-order valence-corrected chi connectivity index (χ2v) is 7.40. The van der Waals surface area contributed by atoms with Crippen molar-refractivity contribution in [3.8, 4) is 0 Å². The van der Waals surface area contributed by atoms with E-state index < -0.39 is 0 Å². The molecule has 0 unspecified atom stereocenters. The fourth-order valence-electron chi connectivity index (χ4n) is 2.68. The number of fused-ring (bicyclic) bond motifs is 1. The second kappa shape index (κ2) is 6.79. The molecule has 2 heterocycles. The molecule has 6 heteroatoms. The van der Waals surface area contributed by atoms with E-state index in [0.717, 1.165) is 34.8 Å². The van der Waals surface area contributed by atoms with Gasteiger partial charge in [-0.1, -0.05) is 18.2 Å². The molecular formula is C15H19N3OS2. The molecular weight excluding hydrogens is 302 g/mol. The van der Waals surface area contributed by atoms with Gasteiger partial charge < -0.3 is 0 Å². The average molecular weight is 321 g/mol. The minimum atomic E-state index is -0.185. The molecule has 112 valence electrons. The number of thioether (sulfide) groups is 1. The van der Waals surface area contributed by atoms with Gasteiger partial charge in [-0.25, -0.2) is 5.84 Å². The highest BCUT2D eigenvalue weighted by Crippen LogP contribution is 2.32. The maximum absolute atomic E-state index is 12.1. The van der Waals surface area contributed by atoms with Crippen LogP contribution in [0.1, 0.15) is 21.7 Å². The molecule has 0 radical (unpaired) electrons. The van der Waals surface area contributed by atoms with E-state index in [4.69, 9.17) is 5.84 Å². The van der Waals surface area contributed by atoms with Crippen LogP contribution in [0.25, 0.3) is 10.1 Å². The van der Waals surface area contributed by atoms with E-state index in [1.54, 1.807) is 0 Å². The van der Waals surface area contributed by atoms with Crippen molar-refractivity contribution in [1.82, 2.24) is 10.3 Å². The average Bonchev–Trinajstić information content (AvgIpc) is 2.69. The molecule has 3 N–H and O–H groups in total. The lowest BCUT2D eigenvalue weighted by atomic mass is 10.1. The topological polar surface area (TPSA) is 58.4 Å². The van der Waals surface area contributed by atoms with E-state index in [9.17, 15) is 4.79 Å². The van der Waals surface area contributed by atoms with Gasteiger partial charge in [0, 0.05) is 23.5 Å². The van der Waals surface area contributed by atoms with Crippen molar-refractivity contribution in [3.05, 3.63) is 34.7 Å². The molecule has 0 aliphatic carbocycles. The van der Waals surface area contributed by atoms with Gasteiger partial charge in [-0.3, -0.25) is 15.1 Å². The highest BCUT2D eigenvalue weighted by molar-refractivity contribution is 7.99. The number of hydrogen-bond acceptors (Lipinski definition) is 5. The van der Waals surface area contributed by atoms with Gasteiger partial charge in [0.2, 0.25) is 0 Å². The zero-order valence-electron chi connectivity index (χ0n) is 11.8. The number of benzene rings is 1. The van der Waals surface area contributed by atoms with Crippen molar-refractivity contribution in [3.63, 3.8) is 0 Å². The van der Waals surface area contributed by atoms with Gasteiger partial charge in [0.25, 0.3) is 5.91 Å². The molecule has 0 spiro atoms. The third kappa shape index (κ3) is 3.23. The Morgan fingerprint density at radius 3 is 3.00 bits per heavy atom. The Hall–Kier alpha value is -1.08. The van der Waals surface area contributed by atoms with Crippen molar-refractivity contribution in [2.75, 3.05) is 24.6 Å². The Kier molecular flexibility index (Phi) is 4.80. The number of hydrogen-bond donors (Lipinski definition) is 2. The molecule has 0 saturated carbocycles. The maximum Gasteiger partial charge on any atom is 0.275 e. The molecule has 4 nitrogen and oxygen atoms in total. The minimum absolute atomic E-state index is 0.185. The molecule has 1 aromatic carbocycles. The van der Waals surface area contributed by atoms with Crippen LogP contribution in [0.2, 0.25) is 0 Å². The summed E-state index contributed by atoms with van der Waals surface area (Å²) in [6.07, 6.45) is 1.21. The van der Waals surface area contributed by atoms with Crippen LogP contribution in [0.5, 0.6) is 0 Å². The number of nitrogens with two attached hydrogens (primary N) is 1. The van der Waals surface area contributed by atoms with E-state index in [-0.39, 0.29) is 5.91 Å². The van der Waals surface area contributed by atoms with Crippen molar-refractivity contribution < 1.29 is 4.79 Å². The summed E-state index contributed by atoms with van der Waals surface area (Å²) in [5.41, 5.74) is 3.40. The summed E-state index contributed by atoms with van der Waals surface area (Å²) in [6, 6.07) is 8.20. The number of nitrogens with one attached hydrogen (secondary N) is 1. The molecule has 0 atom stereocenters. The highest BCUT2D eigenvalue weighted by Gasteiger charge is 2.20. The summed E-state index contributed by atoms with van der Waals surface area (Å²) in [4.78, 5) is 15.3. The van der Waals surface area contributed by atoms with E-state index in [2.05, 4.69) is 22.5 Å². The summed E-state index contributed by atoms with van der Waals surface area (Å²) < 4.78 is 1.15. The fourth-order valence-corrected chi connectivity index (χ4v) is 4.73. The molecule has 0 bridgehead atoms. The van der Waals surface area contributed by atoms with Crippen LogP contribution in [0.15, 0.2) is 24.3 Å². The number of carbonyl (C=O) groups is 1.